The average Bonchev–Trinajstić information content (AvgIpc) is 2.14. The number of esters is 1. The van der Waals surface area contributed by atoms with Crippen LogP contribution < -0.4 is 4.72 Å². The lowest BCUT2D eigenvalue weighted by molar-refractivity contribution is -0.141. The van der Waals surface area contributed by atoms with Gasteiger partial charge in [-0.15, -0.1) is 0 Å². The fourth-order valence-electron chi connectivity index (χ4n) is 0.847. The molecule has 0 spiro atoms. The molecule has 0 aliphatic rings. The van der Waals surface area contributed by atoms with E-state index in [4.69, 9.17) is 4.74 Å². The summed E-state index contributed by atoms with van der Waals surface area (Å²) in [7, 11) is -3.47. The molecule has 6 nitrogen and oxygen atoms in total. The van der Waals surface area contributed by atoms with Crippen molar-refractivity contribution in [3.05, 3.63) is 0 Å². The van der Waals surface area contributed by atoms with Crippen LogP contribution in [0.25, 0.3) is 0 Å². The zero-order valence-corrected chi connectivity index (χ0v) is 10.7. The molecule has 0 saturated heterocycles. The number of rotatable bonds is 8. The molecule has 0 aliphatic heterocycles. The topological polar surface area (TPSA) is 81.7 Å². The summed E-state index contributed by atoms with van der Waals surface area (Å²) in [6.07, 6.45) is -0.0137. The van der Waals surface area contributed by atoms with Crippen molar-refractivity contribution in [3.63, 3.8) is 0 Å². The van der Waals surface area contributed by atoms with E-state index in [1.54, 1.807) is 6.92 Å². The van der Waals surface area contributed by atoms with Crippen molar-refractivity contribution in [3.8, 4) is 0 Å². The van der Waals surface area contributed by atoms with Crippen molar-refractivity contribution >= 4 is 16.0 Å². The van der Waals surface area contributed by atoms with Crippen molar-refractivity contribution in [1.82, 2.24) is 4.72 Å². The maximum Gasteiger partial charge on any atom is 0.320 e. The Labute approximate surface area is 96.4 Å². The van der Waals surface area contributed by atoms with Gasteiger partial charge in [0.05, 0.1) is 25.1 Å². The quantitative estimate of drug-likeness (QED) is 0.611. The maximum atomic E-state index is 11.3. The predicted molar refractivity (Wildman–Crippen MR) is 59.5 cm³/mol. The van der Waals surface area contributed by atoms with E-state index < -0.39 is 16.0 Å². The number of nitrogens with one attached hydrogen (secondary N) is 1. The van der Waals surface area contributed by atoms with Gasteiger partial charge in [-0.25, -0.2) is 13.1 Å². The first kappa shape index (κ1) is 15.3. The van der Waals surface area contributed by atoms with Crippen LogP contribution in [0.3, 0.4) is 0 Å². The van der Waals surface area contributed by atoms with E-state index in [9.17, 15) is 13.2 Å². The summed E-state index contributed by atoms with van der Waals surface area (Å²) >= 11 is 0. The fraction of sp³-hybridized carbons (Fsp3) is 0.889. The molecule has 0 fully saturated rings. The molecule has 0 heterocycles. The zero-order valence-electron chi connectivity index (χ0n) is 9.86. The Bertz CT molecular complexity index is 299. The number of carbonyl (C=O) groups is 1. The van der Waals surface area contributed by atoms with Crippen LogP contribution in [-0.2, 0) is 24.3 Å². The molecule has 0 aromatic rings. The van der Waals surface area contributed by atoms with Crippen molar-refractivity contribution in [2.75, 3.05) is 25.5 Å². The fourth-order valence-corrected chi connectivity index (χ4v) is 1.64. The third kappa shape index (κ3) is 8.63. The summed E-state index contributed by atoms with van der Waals surface area (Å²) in [4.78, 5) is 10.9. The van der Waals surface area contributed by atoms with Gasteiger partial charge in [0.25, 0.3) is 0 Å². The number of hydrogen-bond acceptors (Lipinski definition) is 5. The highest BCUT2D eigenvalue weighted by atomic mass is 32.2. The van der Waals surface area contributed by atoms with Crippen molar-refractivity contribution in [2.45, 2.75) is 26.9 Å². The van der Waals surface area contributed by atoms with Crippen LogP contribution in [0.2, 0.25) is 0 Å². The molecular weight excluding hydrogens is 234 g/mol. The molecule has 16 heavy (non-hydrogen) atoms. The van der Waals surface area contributed by atoms with Gasteiger partial charge in [0.2, 0.25) is 10.0 Å². The Hall–Kier alpha value is -0.660. The van der Waals surface area contributed by atoms with Gasteiger partial charge in [-0.3, -0.25) is 4.79 Å². The van der Waals surface area contributed by atoms with E-state index in [0.29, 0.717) is 0 Å². The second-order valence-electron chi connectivity index (χ2n) is 3.36. The average molecular weight is 253 g/mol. The Morgan fingerprint density at radius 2 is 2.00 bits per heavy atom. The van der Waals surface area contributed by atoms with Crippen LogP contribution in [-0.4, -0.2) is 46.0 Å². The third-order valence-corrected chi connectivity index (χ3v) is 2.83. The Morgan fingerprint density at radius 1 is 1.38 bits per heavy atom. The predicted octanol–water partition coefficient (Wildman–Crippen LogP) is -0.106. The van der Waals surface area contributed by atoms with E-state index in [1.807, 2.05) is 13.8 Å². The van der Waals surface area contributed by atoms with Crippen LogP contribution in [0.15, 0.2) is 0 Å². The van der Waals surface area contributed by atoms with Crippen LogP contribution in [0.1, 0.15) is 20.8 Å². The summed E-state index contributed by atoms with van der Waals surface area (Å²) in [6.45, 7) is 5.30. The Morgan fingerprint density at radius 3 is 2.50 bits per heavy atom. The molecule has 0 atom stereocenters. The van der Waals surface area contributed by atoms with E-state index in [0.717, 1.165) is 0 Å². The van der Waals surface area contributed by atoms with Gasteiger partial charge in [-0.05, 0) is 20.8 Å². The minimum absolute atomic E-state index is 0.0137. The standard InChI is InChI=1S/C9H19NO5S/c1-4-14-9(11)7-10-16(12,13)6-5-15-8(2)3/h8,10H,4-7H2,1-3H3. The lowest BCUT2D eigenvalue weighted by Crippen LogP contribution is -2.34. The number of sulfonamides is 1. The minimum Gasteiger partial charge on any atom is -0.465 e. The van der Waals surface area contributed by atoms with Crippen LogP contribution in [0.5, 0.6) is 0 Å². The number of hydrogen-bond donors (Lipinski definition) is 1. The molecule has 0 bridgehead atoms. The highest BCUT2D eigenvalue weighted by Gasteiger charge is 2.12. The summed E-state index contributed by atoms with van der Waals surface area (Å²) in [6, 6.07) is 0. The summed E-state index contributed by atoms with van der Waals surface area (Å²) < 4.78 is 34.5. The van der Waals surface area contributed by atoms with E-state index in [1.165, 1.54) is 0 Å². The van der Waals surface area contributed by atoms with E-state index in [2.05, 4.69) is 9.46 Å². The molecule has 0 saturated carbocycles. The molecule has 0 radical (unpaired) electrons. The first-order valence-electron chi connectivity index (χ1n) is 5.12. The Kier molecular flexibility index (Phi) is 7.27. The normalized spacial score (nSPS) is 11.8. The minimum atomic E-state index is -3.47. The van der Waals surface area contributed by atoms with Crippen LogP contribution in [0.4, 0.5) is 0 Å². The van der Waals surface area contributed by atoms with Gasteiger partial charge in [0.15, 0.2) is 0 Å². The number of carbonyl (C=O) groups excluding carboxylic acids is 1. The van der Waals surface area contributed by atoms with Gasteiger partial charge in [-0.1, -0.05) is 0 Å². The van der Waals surface area contributed by atoms with E-state index in [-0.39, 0.29) is 31.6 Å². The SMILES string of the molecule is CCOC(=O)CNS(=O)(=O)CCOC(C)C. The Balaban J connectivity index is 3.83. The molecule has 1 N–H and O–H groups in total. The largest absolute Gasteiger partial charge is 0.465 e. The van der Waals surface area contributed by atoms with Gasteiger partial charge < -0.3 is 9.47 Å². The van der Waals surface area contributed by atoms with Crippen molar-refractivity contribution < 1.29 is 22.7 Å². The van der Waals surface area contributed by atoms with Gasteiger partial charge in [0.1, 0.15) is 6.54 Å². The molecular formula is C9H19NO5S. The molecule has 0 rings (SSSR count). The molecule has 0 unspecified atom stereocenters. The first-order valence-corrected chi connectivity index (χ1v) is 6.77. The second kappa shape index (κ2) is 7.59. The molecule has 0 aliphatic carbocycles. The molecule has 0 aromatic carbocycles. The van der Waals surface area contributed by atoms with Gasteiger partial charge in [0, 0.05) is 0 Å². The third-order valence-electron chi connectivity index (χ3n) is 1.54. The van der Waals surface area contributed by atoms with Gasteiger partial charge in [-0.2, -0.15) is 0 Å². The molecule has 0 amide bonds. The number of ether oxygens (including phenoxy) is 2. The summed E-state index contributed by atoms with van der Waals surface area (Å²) in [5.41, 5.74) is 0. The highest BCUT2D eigenvalue weighted by Crippen LogP contribution is 1.91. The molecule has 7 heteroatoms. The van der Waals surface area contributed by atoms with Crippen molar-refractivity contribution in [2.24, 2.45) is 0 Å². The summed E-state index contributed by atoms with van der Waals surface area (Å²) in [5.74, 6) is -0.749. The second-order valence-corrected chi connectivity index (χ2v) is 5.29. The van der Waals surface area contributed by atoms with E-state index >= 15 is 0 Å². The smallest absolute Gasteiger partial charge is 0.320 e. The molecule has 0 aromatic heterocycles. The van der Waals surface area contributed by atoms with Gasteiger partial charge >= 0.3 is 5.97 Å². The first-order chi connectivity index (χ1) is 7.37. The summed E-state index contributed by atoms with van der Waals surface area (Å²) in [5, 5.41) is 0. The lowest BCUT2D eigenvalue weighted by atomic mass is 10.5. The van der Waals surface area contributed by atoms with Crippen LogP contribution >= 0.6 is 0 Å². The maximum absolute atomic E-state index is 11.3. The van der Waals surface area contributed by atoms with Crippen molar-refractivity contribution in [1.29, 1.82) is 0 Å². The lowest BCUT2D eigenvalue weighted by Gasteiger charge is -2.08. The van der Waals surface area contributed by atoms with Crippen LogP contribution in [0, 0.1) is 0 Å². The zero-order chi connectivity index (χ0) is 12.6. The monoisotopic (exact) mass is 253 g/mol. The highest BCUT2D eigenvalue weighted by molar-refractivity contribution is 7.89. The molecule has 96 valence electrons.